The van der Waals surface area contributed by atoms with E-state index < -0.39 is 9.84 Å². The van der Waals surface area contributed by atoms with Gasteiger partial charge in [0, 0.05) is 43.2 Å². The Morgan fingerprint density at radius 2 is 1.88 bits per heavy atom. The molecular formula is C16H24N2O5S. The molecule has 1 fully saturated rings. The molecule has 0 aromatic heterocycles. The molecule has 24 heavy (non-hydrogen) atoms. The van der Waals surface area contributed by atoms with Crippen LogP contribution in [0.25, 0.3) is 0 Å². The molecule has 0 spiro atoms. The van der Waals surface area contributed by atoms with Gasteiger partial charge in [-0.3, -0.25) is 0 Å². The zero-order chi connectivity index (χ0) is 17.7. The third-order valence-corrected chi connectivity index (χ3v) is 5.02. The first kappa shape index (κ1) is 18.4. The first-order chi connectivity index (χ1) is 11.3. The van der Waals surface area contributed by atoms with Gasteiger partial charge < -0.3 is 19.7 Å². The number of ether oxygens (including phenoxy) is 2. The van der Waals surface area contributed by atoms with E-state index in [4.69, 9.17) is 9.47 Å². The molecule has 1 aliphatic heterocycles. The Labute approximate surface area is 142 Å². The molecule has 0 unspecified atom stereocenters. The lowest BCUT2D eigenvalue weighted by molar-refractivity contribution is 0.183. The minimum atomic E-state index is -3.04. The van der Waals surface area contributed by atoms with Gasteiger partial charge in [-0.15, -0.1) is 0 Å². The minimum Gasteiger partial charge on any atom is -0.497 e. The molecule has 1 saturated heterocycles. The molecule has 1 N–H and O–H groups in total. The quantitative estimate of drug-likeness (QED) is 0.872. The molecule has 0 bridgehead atoms. The van der Waals surface area contributed by atoms with Crippen molar-refractivity contribution in [1.82, 2.24) is 4.90 Å². The monoisotopic (exact) mass is 356 g/mol. The normalized spacial score (nSPS) is 18.1. The van der Waals surface area contributed by atoms with Gasteiger partial charge in [0.1, 0.15) is 21.3 Å². The van der Waals surface area contributed by atoms with Crippen LogP contribution in [-0.2, 0) is 9.84 Å². The number of methoxy groups -OCH3 is 2. The lowest BCUT2D eigenvalue weighted by Gasteiger charge is -2.32. The smallest absolute Gasteiger partial charge is 0.321 e. The Kier molecular flexibility index (Phi) is 5.93. The Hall–Kier alpha value is -1.96. The van der Waals surface area contributed by atoms with Crippen LogP contribution in [0.2, 0.25) is 0 Å². The number of carbonyl (C=O) groups excluding carboxylic acids is 1. The van der Waals surface area contributed by atoms with Crippen LogP contribution in [0.4, 0.5) is 10.5 Å². The molecule has 2 rings (SSSR count). The van der Waals surface area contributed by atoms with Crippen molar-refractivity contribution in [2.24, 2.45) is 5.92 Å². The summed E-state index contributed by atoms with van der Waals surface area (Å²) in [6.07, 6.45) is 2.85. The Morgan fingerprint density at radius 1 is 1.25 bits per heavy atom. The zero-order valence-electron chi connectivity index (χ0n) is 14.2. The summed E-state index contributed by atoms with van der Waals surface area (Å²) in [5, 5.41) is 2.82. The molecule has 1 aromatic rings. The number of nitrogens with one attached hydrogen (secondary N) is 1. The number of hydrogen-bond donors (Lipinski definition) is 1. The van der Waals surface area contributed by atoms with Gasteiger partial charge in [0.2, 0.25) is 0 Å². The molecular weight excluding hydrogens is 332 g/mol. The second-order valence-electron chi connectivity index (χ2n) is 6.08. The van der Waals surface area contributed by atoms with E-state index in [0.29, 0.717) is 30.3 Å². The summed E-state index contributed by atoms with van der Waals surface area (Å²) in [6.45, 7) is 1.06. The highest BCUT2D eigenvalue weighted by Crippen LogP contribution is 2.26. The third-order valence-electron chi connectivity index (χ3n) is 3.95. The van der Waals surface area contributed by atoms with Crippen LogP contribution < -0.4 is 14.8 Å². The zero-order valence-corrected chi connectivity index (χ0v) is 15.1. The summed E-state index contributed by atoms with van der Waals surface area (Å²) in [6, 6.07) is 4.89. The number of urea groups is 1. The van der Waals surface area contributed by atoms with Crippen LogP contribution in [0.5, 0.6) is 11.5 Å². The standard InChI is InChI=1S/C16H24N2O5S/c1-22-14-7-13(8-15(9-14)23-2)17-16(19)18-6-4-5-12(10-18)11-24(3,20)21/h7-9,12H,4-6,10-11H2,1-3H3,(H,17,19)/t12-/m0/s1. The van der Waals surface area contributed by atoms with Crippen LogP contribution in [0.15, 0.2) is 18.2 Å². The van der Waals surface area contributed by atoms with Crippen LogP contribution >= 0.6 is 0 Å². The van der Waals surface area contributed by atoms with Crippen molar-refractivity contribution in [3.05, 3.63) is 18.2 Å². The van der Waals surface area contributed by atoms with E-state index in [1.807, 2.05) is 0 Å². The predicted molar refractivity (Wildman–Crippen MR) is 92.6 cm³/mol. The number of sulfone groups is 1. The number of benzene rings is 1. The molecule has 8 heteroatoms. The van der Waals surface area contributed by atoms with Crippen molar-refractivity contribution >= 4 is 21.6 Å². The average molecular weight is 356 g/mol. The van der Waals surface area contributed by atoms with Crippen molar-refractivity contribution in [1.29, 1.82) is 0 Å². The van der Waals surface area contributed by atoms with Crippen LogP contribution in [0, 0.1) is 5.92 Å². The number of piperidine rings is 1. The van der Waals surface area contributed by atoms with Gasteiger partial charge in [0.25, 0.3) is 0 Å². The first-order valence-corrected chi connectivity index (χ1v) is 9.83. The fourth-order valence-electron chi connectivity index (χ4n) is 2.90. The Balaban J connectivity index is 2.04. The Bertz CT molecular complexity index is 667. The summed E-state index contributed by atoms with van der Waals surface area (Å²) in [4.78, 5) is 14.1. The maximum absolute atomic E-state index is 12.5. The Morgan fingerprint density at radius 3 is 2.42 bits per heavy atom. The van der Waals surface area contributed by atoms with Crippen molar-refractivity contribution in [2.75, 3.05) is 44.6 Å². The van der Waals surface area contributed by atoms with E-state index in [2.05, 4.69) is 5.32 Å². The SMILES string of the molecule is COc1cc(NC(=O)N2CCC[C@H](CS(C)(=O)=O)C2)cc(OC)c1. The second kappa shape index (κ2) is 7.74. The van der Waals surface area contributed by atoms with Gasteiger partial charge in [0.15, 0.2) is 0 Å². The van der Waals surface area contributed by atoms with Gasteiger partial charge >= 0.3 is 6.03 Å². The van der Waals surface area contributed by atoms with Gasteiger partial charge in [-0.1, -0.05) is 0 Å². The van der Waals surface area contributed by atoms with E-state index in [1.165, 1.54) is 6.26 Å². The molecule has 1 heterocycles. The van der Waals surface area contributed by atoms with Crippen LogP contribution in [0.1, 0.15) is 12.8 Å². The van der Waals surface area contributed by atoms with Crippen LogP contribution in [0.3, 0.4) is 0 Å². The van der Waals surface area contributed by atoms with Crippen molar-refractivity contribution in [3.8, 4) is 11.5 Å². The fourth-order valence-corrected chi connectivity index (χ4v) is 4.02. The van der Waals surface area contributed by atoms with Gasteiger partial charge in [-0.05, 0) is 18.8 Å². The molecule has 1 atom stereocenters. The molecule has 0 aliphatic carbocycles. The predicted octanol–water partition coefficient (Wildman–Crippen LogP) is 1.99. The number of amides is 2. The summed E-state index contributed by atoms with van der Waals surface area (Å²) < 4.78 is 33.3. The molecule has 2 amide bonds. The lowest BCUT2D eigenvalue weighted by Crippen LogP contribution is -2.43. The fraction of sp³-hybridized carbons (Fsp3) is 0.562. The number of likely N-dealkylation sites (tertiary alicyclic amines) is 1. The first-order valence-electron chi connectivity index (χ1n) is 7.77. The van der Waals surface area contributed by atoms with E-state index in [-0.39, 0.29) is 17.7 Å². The molecule has 1 aliphatic rings. The summed E-state index contributed by atoms with van der Waals surface area (Å²) >= 11 is 0. The van der Waals surface area contributed by atoms with E-state index >= 15 is 0 Å². The summed E-state index contributed by atoms with van der Waals surface area (Å²) in [7, 11) is 0.0437. The topological polar surface area (TPSA) is 84.9 Å². The number of nitrogens with zero attached hydrogens (tertiary/aromatic N) is 1. The molecule has 0 saturated carbocycles. The van der Waals surface area contributed by atoms with Gasteiger partial charge in [-0.25, -0.2) is 13.2 Å². The summed E-state index contributed by atoms with van der Waals surface area (Å²) in [5.74, 6) is 1.26. The minimum absolute atomic E-state index is 0.0145. The third kappa shape index (κ3) is 5.30. The molecule has 134 valence electrons. The van der Waals surface area contributed by atoms with E-state index in [1.54, 1.807) is 37.3 Å². The number of hydrogen-bond acceptors (Lipinski definition) is 5. The average Bonchev–Trinajstić information content (AvgIpc) is 2.53. The number of carbonyl (C=O) groups is 1. The highest BCUT2D eigenvalue weighted by molar-refractivity contribution is 7.90. The summed E-state index contributed by atoms with van der Waals surface area (Å²) in [5.41, 5.74) is 0.571. The molecule has 0 radical (unpaired) electrons. The maximum Gasteiger partial charge on any atom is 0.321 e. The highest BCUT2D eigenvalue weighted by Gasteiger charge is 2.26. The second-order valence-corrected chi connectivity index (χ2v) is 8.26. The number of anilines is 1. The highest BCUT2D eigenvalue weighted by atomic mass is 32.2. The largest absolute Gasteiger partial charge is 0.497 e. The van der Waals surface area contributed by atoms with Crippen molar-refractivity contribution in [3.63, 3.8) is 0 Å². The van der Waals surface area contributed by atoms with Gasteiger partial charge in [-0.2, -0.15) is 0 Å². The van der Waals surface area contributed by atoms with Crippen molar-refractivity contribution < 1.29 is 22.7 Å². The molecule has 7 nitrogen and oxygen atoms in total. The lowest BCUT2D eigenvalue weighted by atomic mass is 10.0. The van der Waals surface area contributed by atoms with Crippen LogP contribution in [-0.4, -0.2) is 58.7 Å². The maximum atomic E-state index is 12.5. The van der Waals surface area contributed by atoms with E-state index in [9.17, 15) is 13.2 Å². The number of rotatable bonds is 5. The van der Waals surface area contributed by atoms with E-state index in [0.717, 1.165) is 12.8 Å². The molecule has 1 aromatic carbocycles. The van der Waals surface area contributed by atoms with Gasteiger partial charge in [0.05, 0.1) is 20.0 Å². The van der Waals surface area contributed by atoms with Crippen molar-refractivity contribution in [2.45, 2.75) is 12.8 Å².